The molecule has 0 aromatic carbocycles. The Morgan fingerprint density at radius 3 is 2.15 bits per heavy atom. The maximum Gasteiger partial charge on any atom is 0.320 e. The zero-order valence-corrected chi connectivity index (χ0v) is 12.6. The third-order valence-corrected chi connectivity index (χ3v) is 5.20. The Bertz CT molecular complexity index is 369. The lowest BCUT2D eigenvalue weighted by Crippen LogP contribution is -2.55. The van der Waals surface area contributed by atoms with Crippen molar-refractivity contribution in [3.05, 3.63) is 0 Å². The first kappa shape index (κ1) is 15.3. The molecule has 2 aliphatic rings. The minimum atomic E-state index is -0.786. The molecule has 1 saturated carbocycles. The number of hydrogen-bond acceptors (Lipinski definition) is 3. The fourth-order valence-electron chi connectivity index (χ4n) is 3.57. The van der Waals surface area contributed by atoms with E-state index in [-0.39, 0.29) is 5.41 Å². The molecule has 1 heterocycles. The van der Waals surface area contributed by atoms with Gasteiger partial charge in [0.2, 0.25) is 5.91 Å². The molecule has 1 aliphatic carbocycles. The van der Waals surface area contributed by atoms with Gasteiger partial charge in [-0.1, -0.05) is 19.8 Å². The van der Waals surface area contributed by atoms with Gasteiger partial charge in [-0.25, -0.2) is 0 Å². The summed E-state index contributed by atoms with van der Waals surface area (Å²) in [4.78, 5) is 27.7. The Hall–Kier alpha value is -1.10. The summed E-state index contributed by atoms with van der Waals surface area (Å²) >= 11 is 0. The molecule has 2 fully saturated rings. The molecule has 5 heteroatoms. The summed E-state index contributed by atoms with van der Waals surface area (Å²) in [7, 11) is 0. The molecular weight excluding hydrogens is 256 g/mol. The van der Waals surface area contributed by atoms with Gasteiger partial charge in [0.1, 0.15) is 6.04 Å². The Kier molecular flexibility index (Phi) is 4.68. The number of hydrogen-bond donors (Lipinski definition) is 1. The van der Waals surface area contributed by atoms with Crippen LogP contribution in [0, 0.1) is 5.41 Å². The van der Waals surface area contributed by atoms with E-state index >= 15 is 0 Å². The fourth-order valence-corrected chi connectivity index (χ4v) is 3.57. The monoisotopic (exact) mass is 282 g/mol. The largest absolute Gasteiger partial charge is 0.480 e. The van der Waals surface area contributed by atoms with Crippen LogP contribution in [0.1, 0.15) is 46.0 Å². The van der Waals surface area contributed by atoms with Gasteiger partial charge in [-0.05, 0) is 26.2 Å². The fraction of sp³-hybridized carbons (Fsp3) is 0.867. The van der Waals surface area contributed by atoms with Crippen molar-refractivity contribution in [3.63, 3.8) is 0 Å². The van der Waals surface area contributed by atoms with Crippen molar-refractivity contribution in [1.29, 1.82) is 0 Å². The van der Waals surface area contributed by atoms with Crippen molar-refractivity contribution < 1.29 is 14.7 Å². The molecule has 0 bridgehead atoms. The second kappa shape index (κ2) is 6.12. The molecule has 0 spiro atoms. The highest BCUT2D eigenvalue weighted by molar-refractivity contribution is 5.83. The molecule has 1 unspecified atom stereocenters. The quantitative estimate of drug-likeness (QED) is 0.850. The lowest BCUT2D eigenvalue weighted by Gasteiger charge is -2.40. The highest BCUT2D eigenvalue weighted by atomic mass is 16.4. The van der Waals surface area contributed by atoms with E-state index < -0.39 is 12.0 Å². The normalized spacial score (nSPS) is 24.6. The molecule has 1 N–H and O–H groups in total. The van der Waals surface area contributed by atoms with Gasteiger partial charge in [-0.15, -0.1) is 0 Å². The van der Waals surface area contributed by atoms with Crippen LogP contribution in [-0.2, 0) is 9.59 Å². The second-order valence-electron chi connectivity index (χ2n) is 6.18. The highest BCUT2D eigenvalue weighted by Gasteiger charge is 2.42. The number of aliphatic carboxylic acids is 1. The number of amides is 1. The van der Waals surface area contributed by atoms with Gasteiger partial charge in [0.15, 0.2) is 0 Å². The molecule has 1 saturated heterocycles. The molecule has 1 atom stereocenters. The molecule has 2 rings (SSSR count). The summed E-state index contributed by atoms with van der Waals surface area (Å²) in [6, 6.07) is -0.459. The molecular formula is C15H26N2O3. The van der Waals surface area contributed by atoms with E-state index in [2.05, 4.69) is 6.92 Å². The van der Waals surface area contributed by atoms with Gasteiger partial charge in [-0.3, -0.25) is 14.5 Å². The lowest BCUT2D eigenvalue weighted by molar-refractivity contribution is -0.147. The molecule has 0 aromatic heterocycles. The molecule has 1 aliphatic heterocycles. The van der Waals surface area contributed by atoms with E-state index in [4.69, 9.17) is 5.11 Å². The minimum Gasteiger partial charge on any atom is -0.480 e. The zero-order valence-electron chi connectivity index (χ0n) is 12.6. The van der Waals surface area contributed by atoms with Crippen LogP contribution < -0.4 is 0 Å². The van der Waals surface area contributed by atoms with Crippen molar-refractivity contribution in [2.24, 2.45) is 5.41 Å². The Morgan fingerprint density at radius 1 is 1.15 bits per heavy atom. The van der Waals surface area contributed by atoms with Gasteiger partial charge in [0.25, 0.3) is 0 Å². The second-order valence-corrected chi connectivity index (χ2v) is 6.18. The zero-order chi connectivity index (χ0) is 14.8. The predicted octanol–water partition coefficient (Wildman–Crippen LogP) is 1.57. The van der Waals surface area contributed by atoms with Crippen LogP contribution in [0.3, 0.4) is 0 Å². The molecule has 20 heavy (non-hydrogen) atoms. The summed E-state index contributed by atoms with van der Waals surface area (Å²) in [5, 5.41) is 9.04. The van der Waals surface area contributed by atoms with Crippen LogP contribution in [-0.4, -0.2) is 59.0 Å². The van der Waals surface area contributed by atoms with Gasteiger partial charge in [-0.2, -0.15) is 0 Å². The molecule has 5 nitrogen and oxygen atoms in total. The third kappa shape index (κ3) is 2.82. The number of nitrogens with zero attached hydrogens (tertiary/aromatic N) is 2. The first-order valence-corrected chi connectivity index (χ1v) is 7.76. The van der Waals surface area contributed by atoms with Crippen LogP contribution >= 0.6 is 0 Å². The minimum absolute atomic E-state index is 0.124. The van der Waals surface area contributed by atoms with Crippen molar-refractivity contribution in [2.45, 2.75) is 52.0 Å². The Labute approximate surface area is 120 Å². The van der Waals surface area contributed by atoms with E-state index in [9.17, 15) is 9.59 Å². The molecule has 0 aromatic rings. The molecule has 114 valence electrons. The predicted molar refractivity (Wildman–Crippen MR) is 76.4 cm³/mol. The SMILES string of the molecule is CCC1(C(=O)N2CCN(C(C)C(=O)O)CC2)CCCC1. The van der Waals surface area contributed by atoms with Crippen molar-refractivity contribution >= 4 is 11.9 Å². The smallest absolute Gasteiger partial charge is 0.320 e. The number of rotatable bonds is 4. The van der Waals surface area contributed by atoms with Crippen LogP contribution in [0.5, 0.6) is 0 Å². The van der Waals surface area contributed by atoms with Crippen LogP contribution in [0.15, 0.2) is 0 Å². The number of carboxylic acids is 1. The van der Waals surface area contributed by atoms with E-state index in [0.29, 0.717) is 32.1 Å². The Balaban J connectivity index is 1.93. The molecule has 0 radical (unpaired) electrons. The summed E-state index contributed by atoms with van der Waals surface area (Å²) in [6.07, 6.45) is 5.30. The summed E-state index contributed by atoms with van der Waals surface area (Å²) in [5.41, 5.74) is -0.124. The maximum atomic E-state index is 12.8. The van der Waals surface area contributed by atoms with Gasteiger partial charge in [0, 0.05) is 31.6 Å². The van der Waals surface area contributed by atoms with E-state index in [1.54, 1.807) is 6.92 Å². The van der Waals surface area contributed by atoms with Crippen LogP contribution in [0.2, 0.25) is 0 Å². The standard InChI is InChI=1S/C15H26N2O3/c1-3-15(6-4-5-7-15)14(20)17-10-8-16(9-11-17)12(2)13(18)19/h12H,3-11H2,1-2H3,(H,18,19). The van der Waals surface area contributed by atoms with Crippen molar-refractivity contribution in [2.75, 3.05) is 26.2 Å². The first-order valence-electron chi connectivity index (χ1n) is 7.76. The summed E-state index contributed by atoms with van der Waals surface area (Å²) in [6.45, 7) is 6.49. The number of carbonyl (C=O) groups excluding carboxylic acids is 1. The van der Waals surface area contributed by atoms with Crippen molar-refractivity contribution in [1.82, 2.24) is 9.80 Å². The van der Waals surface area contributed by atoms with Crippen molar-refractivity contribution in [3.8, 4) is 0 Å². The van der Waals surface area contributed by atoms with E-state index in [1.165, 1.54) is 0 Å². The summed E-state index contributed by atoms with van der Waals surface area (Å²) in [5.74, 6) is -0.481. The molecule has 1 amide bonds. The van der Waals surface area contributed by atoms with Crippen LogP contribution in [0.4, 0.5) is 0 Å². The van der Waals surface area contributed by atoms with Crippen LogP contribution in [0.25, 0.3) is 0 Å². The Morgan fingerprint density at radius 2 is 1.70 bits per heavy atom. The maximum absolute atomic E-state index is 12.8. The summed E-state index contributed by atoms with van der Waals surface area (Å²) < 4.78 is 0. The number of carboxylic acid groups (broad SMARTS) is 1. The average molecular weight is 282 g/mol. The highest BCUT2D eigenvalue weighted by Crippen LogP contribution is 2.42. The third-order valence-electron chi connectivity index (χ3n) is 5.20. The number of piperazine rings is 1. The van der Waals surface area contributed by atoms with E-state index in [1.807, 2.05) is 9.80 Å². The first-order chi connectivity index (χ1) is 9.50. The average Bonchev–Trinajstić information content (AvgIpc) is 2.96. The topological polar surface area (TPSA) is 60.9 Å². The van der Waals surface area contributed by atoms with E-state index in [0.717, 1.165) is 32.1 Å². The van der Waals surface area contributed by atoms with Gasteiger partial charge >= 0.3 is 5.97 Å². The number of carbonyl (C=O) groups is 2. The lowest BCUT2D eigenvalue weighted by atomic mass is 9.81. The van der Waals surface area contributed by atoms with Gasteiger partial charge < -0.3 is 10.0 Å². The van der Waals surface area contributed by atoms with Gasteiger partial charge in [0.05, 0.1) is 0 Å².